The van der Waals surface area contributed by atoms with Crippen molar-refractivity contribution in [1.82, 2.24) is 19.1 Å². The van der Waals surface area contributed by atoms with Crippen LogP contribution in [0.3, 0.4) is 0 Å². The van der Waals surface area contributed by atoms with E-state index in [1.165, 1.54) is 43.7 Å². The Morgan fingerprint density at radius 2 is 0.833 bits per heavy atom. The molecule has 54 heavy (non-hydrogen) atoms. The maximum absolute atomic E-state index is 5.19. The molecule has 0 amide bonds. The molecule has 0 bridgehead atoms. The molecule has 0 N–H and O–H groups in total. The first-order chi connectivity index (χ1) is 26.8. The molecule has 0 aliphatic rings. The number of para-hydroxylation sites is 3. The highest BCUT2D eigenvalue weighted by Gasteiger charge is 2.21. The van der Waals surface area contributed by atoms with Crippen LogP contribution in [0.4, 0.5) is 0 Å². The fourth-order valence-corrected chi connectivity index (χ4v) is 8.31. The lowest BCUT2D eigenvalue weighted by Crippen LogP contribution is -1.98. The third-order valence-corrected chi connectivity index (χ3v) is 10.7. The van der Waals surface area contributed by atoms with Crippen LogP contribution in [0.2, 0.25) is 0 Å². The van der Waals surface area contributed by atoms with Crippen LogP contribution < -0.4 is 0 Å². The zero-order valence-corrected chi connectivity index (χ0v) is 29.3. The molecule has 252 valence electrons. The van der Waals surface area contributed by atoms with Gasteiger partial charge in [-0.05, 0) is 65.7 Å². The number of hydrogen-bond donors (Lipinski definition) is 0. The van der Waals surface area contributed by atoms with Crippen molar-refractivity contribution in [3.05, 3.63) is 194 Å². The first kappa shape index (κ1) is 30.3. The van der Waals surface area contributed by atoms with E-state index in [1.807, 2.05) is 12.1 Å². The molecule has 0 aliphatic heterocycles. The van der Waals surface area contributed by atoms with Crippen LogP contribution in [0.1, 0.15) is 0 Å². The van der Waals surface area contributed by atoms with Crippen LogP contribution >= 0.6 is 0 Å². The molecule has 0 fully saturated rings. The average molecular weight is 689 g/mol. The minimum atomic E-state index is 0.707. The van der Waals surface area contributed by atoms with E-state index in [0.717, 1.165) is 50.1 Å². The second kappa shape index (κ2) is 12.1. The van der Waals surface area contributed by atoms with Gasteiger partial charge in [0.25, 0.3) is 0 Å². The summed E-state index contributed by atoms with van der Waals surface area (Å²) >= 11 is 0. The zero-order valence-electron chi connectivity index (χ0n) is 29.3. The van der Waals surface area contributed by atoms with Gasteiger partial charge < -0.3 is 9.13 Å². The van der Waals surface area contributed by atoms with Crippen molar-refractivity contribution in [2.24, 2.45) is 0 Å². The lowest BCUT2D eigenvalue weighted by atomic mass is 10.1. The molecule has 0 saturated heterocycles. The Bertz CT molecular complexity index is 3190. The Balaban J connectivity index is 1.12. The summed E-state index contributed by atoms with van der Waals surface area (Å²) in [7, 11) is 0. The lowest BCUT2D eigenvalue weighted by molar-refractivity contribution is 1.17. The molecule has 3 heterocycles. The topological polar surface area (TPSA) is 35.6 Å². The fraction of sp³-hybridized carbons (Fsp3) is 0. The second-order valence-electron chi connectivity index (χ2n) is 13.8. The summed E-state index contributed by atoms with van der Waals surface area (Å²) in [5, 5.41) is 6.00. The maximum Gasteiger partial charge on any atom is 0.160 e. The van der Waals surface area contributed by atoms with Crippen LogP contribution in [0.25, 0.3) is 99.7 Å². The van der Waals surface area contributed by atoms with E-state index in [-0.39, 0.29) is 0 Å². The number of nitrogens with zero attached hydrogens (tertiary/aromatic N) is 4. The van der Waals surface area contributed by atoms with Crippen LogP contribution in [0, 0.1) is 0 Å². The minimum absolute atomic E-state index is 0.707. The molecule has 0 radical (unpaired) electrons. The highest BCUT2D eigenvalue weighted by atomic mass is 15.0. The van der Waals surface area contributed by atoms with E-state index < -0.39 is 0 Å². The van der Waals surface area contributed by atoms with E-state index in [2.05, 4.69) is 191 Å². The second-order valence-corrected chi connectivity index (χ2v) is 13.8. The Kier molecular flexibility index (Phi) is 6.82. The van der Waals surface area contributed by atoms with Crippen molar-refractivity contribution in [2.75, 3.05) is 0 Å². The van der Waals surface area contributed by atoms with Gasteiger partial charge in [-0.15, -0.1) is 0 Å². The Labute approximate surface area is 311 Å². The highest BCUT2D eigenvalue weighted by Crippen LogP contribution is 2.43. The molecular weight excluding hydrogens is 657 g/mol. The van der Waals surface area contributed by atoms with Crippen LogP contribution in [0.5, 0.6) is 0 Å². The average Bonchev–Trinajstić information content (AvgIpc) is 3.77. The van der Waals surface area contributed by atoms with Crippen molar-refractivity contribution < 1.29 is 0 Å². The molecule has 0 unspecified atom stereocenters. The van der Waals surface area contributed by atoms with Crippen molar-refractivity contribution >= 4 is 54.5 Å². The predicted molar refractivity (Wildman–Crippen MR) is 225 cm³/mol. The summed E-state index contributed by atoms with van der Waals surface area (Å²) in [5.41, 5.74) is 13.2. The number of aromatic nitrogens is 4. The molecule has 11 rings (SSSR count). The first-order valence-corrected chi connectivity index (χ1v) is 18.3. The number of rotatable bonds is 5. The maximum atomic E-state index is 5.19. The molecule has 0 aliphatic carbocycles. The van der Waals surface area contributed by atoms with Gasteiger partial charge in [-0.25, -0.2) is 9.97 Å². The highest BCUT2D eigenvalue weighted by molar-refractivity contribution is 6.28. The molecule has 0 spiro atoms. The number of hydrogen-bond acceptors (Lipinski definition) is 2. The fourth-order valence-electron chi connectivity index (χ4n) is 8.31. The summed E-state index contributed by atoms with van der Waals surface area (Å²) < 4.78 is 4.81. The number of benzene rings is 8. The molecule has 8 aromatic carbocycles. The van der Waals surface area contributed by atoms with Gasteiger partial charge in [-0.1, -0.05) is 140 Å². The molecule has 11 aromatic rings. The summed E-state index contributed by atoms with van der Waals surface area (Å²) in [4.78, 5) is 10.3. The van der Waals surface area contributed by atoms with Crippen LogP contribution in [-0.4, -0.2) is 19.1 Å². The molecule has 4 nitrogen and oxygen atoms in total. The van der Waals surface area contributed by atoms with E-state index in [4.69, 9.17) is 9.97 Å². The van der Waals surface area contributed by atoms with Crippen molar-refractivity contribution in [3.8, 4) is 45.1 Å². The molecule has 4 heteroatoms. The summed E-state index contributed by atoms with van der Waals surface area (Å²) in [6, 6.07) is 69.0. The van der Waals surface area contributed by atoms with E-state index >= 15 is 0 Å². The molecule has 0 saturated carbocycles. The third-order valence-electron chi connectivity index (χ3n) is 10.7. The Hall–Kier alpha value is -7.30. The third kappa shape index (κ3) is 4.70. The van der Waals surface area contributed by atoms with E-state index in [0.29, 0.717) is 5.82 Å². The van der Waals surface area contributed by atoms with Gasteiger partial charge in [-0.3, -0.25) is 0 Å². The van der Waals surface area contributed by atoms with Crippen LogP contribution in [-0.2, 0) is 0 Å². The lowest BCUT2D eigenvalue weighted by Gasteiger charge is -2.12. The van der Waals surface area contributed by atoms with E-state index in [9.17, 15) is 0 Å². The van der Waals surface area contributed by atoms with Crippen molar-refractivity contribution in [1.29, 1.82) is 0 Å². The minimum Gasteiger partial charge on any atom is -0.309 e. The number of fused-ring (bicyclic) bond motifs is 8. The van der Waals surface area contributed by atoms with Crippen LogP contribution in [0.15, 0.2) is 194 Å². The van der Waals surface area contributed by atoms with Gasteiger partial charge in [0.1, 0.15) is 0 Å². The normalized spacial score (nSPS) is 11.7. The van der Waals surface area contributed by atoms with Gasteiger partial charge in [-0.2, -0.15) is 0 Å². The Morgan fingerprint density at radius 3 is 1.50 bits per heavy atom. The van der Waals surface area contributed by atoms with Gasteiger partial charge in [0, 0.05) is 49.4 Å². The van der Waals surface area contributed by atoms with Gasteiger partial charge in [0.2, 0.25) is 0 Å². The van der Waals surface area contributed by atoms with Gasteiger partial charge >= 0.3 is 0 Å². The molecule has 3 aromatic heterocycles. The smallest absolute Gasteiger partial charge is 0.160 e. The SMILES string of the molecule is c1ccc(-c2ccc(-n3c4ccccc4c4c5c6ccccc6n(-c6cccc(-c7nc(-c8ccccc8)c8ccccc8n7)c6)c5ccc43)cc2)cc1. The Morgan fingerprint density at radius 1 is 0.315 bits per heavy atom. The quantitative estimate of drug-likeness (QED) is 0.180. The van der Waals surface area contributed by atoms with Gasteiger partial charge in [0.15, 0.2) is 5.82 Å². The molecular formula is C50H32N4. The summed E-state index contributed by atoms with van der Waals surface area (Å²) in [5.74, 6) is 0.707. The first-order valence-electron chi connectivity index (χ1n) is 18.3. The standard InChI is InChI=1S/C50H32N4/c1-3-14-33(15-4-1)34-26-28-37(29-27-34)53-43-24-11-8-21-40(43)47-45(53)30-31-46-48(47)41-22-9-12-25-44(41)54(46)38-19-13-18-36(32-38)50-51-42-23-10-7-20-39(42)49(52-50)35-16-5-2-6-17-35/h1-32H. The van der Waals surface area contributed by atoms with E-state index in [1.54, 1.807) is 0 Å². The summed E-state index contributed by atoms with van der Waals surface area (Å²) in [6.45, 7) is 0. The van der Waals surface area contributed by atoms with Crippen molar-refractivity contribution in [3.63, 3.8) is 0 Å². The zero-order chi connectivity index (χ0) is 35.6. The molecule has 0 atom stereocenters. The largest absolute Gasteiger partial charge is 0.309 e. The summed E-state index contributed by atoms with van der Waals surface area (Å²) in [6.07, 6.45) is 0. The monoisotopic (exact) mass is 688 g/mol. The van der Waals surface area contributed by atoms with Gasteiger partial charge in [0.05, 0.1) is 33.3 Å². The predicted octanol–water partition coefficient (Wildman–Crippen LogP) is 12.8. The van der Waals surface area contributed by atoms with Crippen molar-refractivity contribution in [2.45, 2.75) is 0 Å².